The molecule has 1 aliphatic rings. The van der Waals surface area contributed by atoms with Crippen LogP contribution in [-0.4, -0.2) is 39.9 Å². The minimum atomic E-state index is -1.13. The lowest BCUT2D eigenvalue weighted by Gasteiger charge is -2.32. The third kappa shape index (κ3) is 4.05. The predicted octanol–water partition coefficient (Wildman–Crippen LogP) is 2.86. The van der Waals surface area contributed by atoms with E-state index in [0.717, 1.165) is 5.56 Å². The zero-order chi connectivity index (χ0) is 19.6. The number of rotatable bonds is 3. The van der Waals surface area contributed by atoms with Crippen LogP contribution in [0.2, 0.25) is 0 Å². The molecule has 1 aliphatic heterocycles. The lowest BCUT2D eigenvalue weighted by Crippen LogP contribution is -2.44. The summed E-state index contributed by atoms with van der Waals surface area (Å²) in [4.78, 5) is 30.5. The van der Waals surface area contributed by atoms with Crippen LogP contribution in [0.1, 0.15) is 28.8 Å². The number of benzene rings is 1. The second kappa shape index (κ2) is 7.69. The van der Waals surface area contributed by atoms with Gasteiger partial charge in [-0.25, -0.2) is 13.8 Å². The Balaban J connectivity index is 1.73. The van der Waals surface area contributed by atoms with Gasteiger partial charge in [-0.1, -0.05) is 6.07 Å². The van der Waals surface area contributed by atoms with Gasteiger partial charge < -0.3 is 15.3 Å². The molecule has 1 aromatic heterocycles. The lowest BCUT2D eigenvalue weighted by molar-refractivity contribution is -0.121. The molecule has 2 amide bonds. The Bertz CT molecular complexity index is 865. The summed E-state index contributed by atoms with van der Waals surface area (Å²) in [6.45, 7) is 2.22. The maximum absolute atomic E-state index is 14.0. The van der Waals surface area contributed by atoms with Crippen molar-refractivity contribution in [2.75, 3.05) is 18.4 Å². The minimum Gasteiger partial charge on any atom is -0.507 e. The summed E-state index contributed by atoms with van der Waals surface area (Å²) < 4.78 is 27.1. The van der Waals surface area contributed by atoms with Crippen molar-refractivity contribution >= 4 is 17.6 Å². The molecule has 8 heteroatoms. The Kier molecular flexibility index (Phi) is 5.34. The lowest BCUT2D eigenvalue weighted by atomic mass is 9.96. The van der Waals surface area contributed by atoms with Crippen LogP contribution in [-0.2, 0) is 4.79 Å². The molecule has 1 fully saturated rings. The molecular formula is C19H19F2N3O3. The molecule has 27 heavy (non-hydrogen) atoms. The van der Waals surface area contributed by atoms with Gasteiger partial charge in [-0.2, -0.15) is 0 Å². The van der Waals surface area contributed by atoms with E-state index in [1.54, 1.807) is 12.3 Å². The van der Waals surface area contributed by atoms with Gasteiger partial charge in [0, 0.05) is 31.4 Å². The van der Waals surface area contributed by atoms with Crippen molar-refractivity contribution in [1.29, 1.82) is 0 Å². The average molecular weight is 375 g/mol. The summed E-state index contributed by atoms with van der Waals surface area (Å²) in [5.41, 5.74) is 0.228. The number of carbonyl (C=O) groups is 2. The Labute approximate surface area is 154 Å². The molecule has 0 bridgehead atoms. The summed E-state index contributed by atoms with van der Waals surface area (Å²) in [5.74, 6) is -3.94. The summed E-state index contributed by atoms with van der Waals surface area (Å²) in [5, 5.41) is 12.5. The van der Waals surface area contributed by atoms with Gasteiger partial charge in [0.2, 0.25) is 5.91 Å². The first-order valence-electron chi connectivity index (χ1n) is 8.56. The van der Waals surface area contributed by atoms with Crippen LogP contribution >= 0.6 is 0 Å². The first-order chi connectivity index (χ1) is 12.9. The highest BCUT2D eigenvalue weighted by molar-refractivity contribution is 5.98. The van der Waals surface area contributed by atoms with Crippen molar-refractivity contribution in [2.24, 2.45) is 5.92 Å². The Morgan fingerprint density at radius 1 is 1.33 bits per heavy atom. The van der Waals surface area contributed by atoms with Crippen LogP contribution in [0.5, 0.6) is 5.75 Å². The molecule has 2 heterocycles. The van der Waals surface area contributed by atoms with Gasteiger partial charge in [0.25, 0.3) is 5.91 Å². The van der Waals surface area contributed by atoms with E-state index in [1.165, 1.54) is 4.90 Å². The molecule has 1 aromatic carbocycles. The fourth-order valence-corrected chi connectivity index (χ4v) is 3.14. The van der Waals surface area contributed by atoms with Gasteiger partial charge in [-0.05, 0) is 31.4 Å². The van der Waals surface area contributed by atoms with E-state index in [9.17, 15) is 23.5 Å². The maximum atomic E-state index is 14.0. The fraction of sp³-hybridized carbons (Fsp3) is 0.316. The molecule has 3 rings (SSSR count). The topological polar surface area (TPSA) is 82.5 Å². The minimum absolute atomic E-state index is 0.0762. The third-order valence-corrected chi connectivity index (χ3v) is 4.58. The normalized spacial score (nSPS) is 16.9. The second-order valence-corrected chi connectivity index (χ2v) is 6.53. The molecule has 0 radical (unpaired) electrons. The number of amides is 2. The monoisotopic (exact) mass is 375 g/mol. The Morgan fingerprint density at radius 2 is 2.11 bits per heavy atom. The average Bonchev–Trinajstić information content (AvgIpc) is 2.62. The molecule has 142 valence electrons. The molecular weight excluding hydrogens is 356 g/mol. The molecule has 1 saturated heterocycles. The number of phenols is 1. The van der Waals surface area contributed by atoms with Gasteiger partial charge in [-0.15, -0.1) is 0 Å². The highest BCUT2D eigenvalue weighted by Crippen LogP contribution is 2.27. The van der Waals surface area contributed by atoms with Crippen molar-refractivity contribution in [3.05, 3.63) is 53.2 Å². The molecule has 0 saturated carbocycles. The largest absolute Gasteiger partial charge is 0.507 e. The number of likely N-dealkylation sites (tertiary alicyclic amines) is 1. The van der Waals surface area contributed by atoms with Crippen LogP contribution in [0.3, 0.4) is 0 Å². The standard InChI is InChI=1S/C19H19F2N3O3/c1-11-4-2-6-22-17(11)23-18(26)12-5-3-7-24(10-12)19(27)16-14(21)8-13(20)9-15(16)25/h2,4,6,8-9,12,25H,3,5,7,10H2,1H3,(H,22,23,26)/t12-/m0/s1. The van der Waals surface area contributed by atoms with Crippen molar-refractivity contribution < 1.29 is 23.5 Å². The summed E-state index contributed by atoms with van der Waals surface area (Å²) in [6.07, 6.45) is 2.69. The number of nitrogens with zero attached hydrogens (tertiary/aromatic N) is 2. The quantitative estimate of drug-likeness (QED) is 0.864. The molecule has 0 aliphatic carbocycles. The van der Waals surface area contributed by atoms with E-state index in [0.29, 0.717) is 37.3 Å². The van der Waals surface area contributed by atoms with Gasteiger partial charge in [-0.3, -0.25) is 9.59 Å². The Morgan fingerprint density at radius 3 is 2.81 bits per heavy atom. The number of carbonyl (C=O) groups excluding carboxylic acids is 2. The van der Waals surface area contributed by atoms with Gasteiger partial charge in [0.1, 0.15) is 28.8 Å². The number of hydrogen-bond donors (Lipinski definition) is 2. The van der Waals surface area contributed by atoms with Crippen LogP contribution in [0.4, 0.5) is 14.6 Å². The maximum Gasteiger partial charge on any atom is 0.260 e. The van der Waals surface area contributed by atoms with Crippen molar-refractivity contribution in [2.45, 2.75) is 19.8 Å². The summed E-state index contributed by atoms with van der Waals surface area (Å²) >= 11 is 0. The first-order valence-corrected chi connectivity index (χ1v) is 8.56. The number of anilines is 1. The van der Waals surface area contributed by atoms with Crippen molar-refractivity contribution in [3.8, 4) is 5.75 Å². The molecule has 1 atom stereocenters. The Hall–Kier alpha value is -3.03. The SMILES string of the molecule is Cc1cccnc1NC(=O)[C@H]1CCCN(C(=O)c2c(O)cc(F)cc2F)C1. The highest BCUT2D eigenvalue weighted by Gasteiger charge is 2.31. The number of aromatic hydroxyl groups is 1. The smallest absolute Gasteiger partial charge is 0.260 e. The van der Waals surface area contributed by atoms with Crippen molar-refractivity contribution in [1.82, 2.24) is 9.88 Å². The van der Waals surface area contributed by atoms with E-state index in [-0.39, 0.29) is 12.5 Å². The molecule has 0 unspecified atom stereocenters. The predicted molar refractivity (Wildman–Crippen MR) is 94.3 cm³/mol. The number of halogens is 2. The number of phenolic OH excluding ortho intramolecular Hbond substituents is 1. The van der Waals surface area contributed by atoms with Crippen LogP contribution < -0.4 is 5.32 Å². The number of pyridine rings is 1. The number of aryl methyl sites for hydroxylation is 1. The van der Waals surface area contributed by atoms with Crippen molar-refractivity contribution in [3.63, 3.8) is 0 Å². The summed E-state index contributed by atoms with van der Waals surface area (Å²) in [6, 6.07) is 4.81. The van der Waals surface area contributed by atoms with Gasteiger partial charge in [0.05, 0.1) is 5.92 Å². The molecule has 2 N–H and O–H groups in total. The molecule has 6 nitrogen and oxygen atoms in total. The van der Waals surface area contributed by atoms with Crippen LogP contribution in [0, 0.1) is 24.5 Å². The van der Waals surface area contributed by atoms with E-state index >= 15 is 0 Å². The highest BCUT2D eigenvalue weighted by atomic mass is 19.1. The number of aromatic nitrogens is 1. The number of nitrogens with one attached hydrogen (secondary N) is 1. The molecule has 0 spiro atoms. The van der Waals surface area contributed by atoms with E-state index in [1.807, 2.05) is 13.0 Å². The third-order valence-electron chi connectivity index (χ3n) is 4.58. The van der Waals surface area contributed by atoms with E-state index < -0.39 is 34.8 Å². The van der Waals surface area contributed by atoms with Gasteiger partial charge >= 0.3 is 0 Å². The zero-order valence-corrected chi connectivity index (χ0v) is 14.7. The second-order valence-electron chi connectivity index (χ2n) is 6.53. The number of piperidine rings is 1. The van der Waals surface area contributed by atoms with Crippen LogP contribution in [0.15, 0.2) is 30.5 Å². The molecule has 2 aromatic rings. The van der Waals surface area contributed by atoms with Crippen LogP contribution in [0.25, 0.3) is 0 Å². The number of hydrogen-bond acceptors (Lipinski definition) is 4. The fourth-order valence-electron chi connectivity index (χ4n) is 3.14. The summed E-state index contributed by atoms with van der Waals surface area (Å²) in [7, 11) is 0. The first kappa shape index (κ1) is 18.8. The van der Waals surface area contributed by atoms with E-state index in [4.69, 9.17) is 0 Å². The van der Waals surface area contributed by atoms with E-state index in [2.05, 4.69) is 10.3 Å². The zero-order valence-electron chi connectivity index (χ0n) is 14.7. The van der Waals surface area contributed by atoms with Gasteiger partial charge in [0.15, 0.2) is 0 Å².